The minimum atomic E-state index is -0.325. The van der Waals surface area contributed by atoms with Crippen molar-refractivity contribution >= 4 is 17.5 Å². The number of hydrogen-bond acceptors (Lipinski definition) is 5. The maximum absolute atomic E-state index is 12.7. The van der Waals surface area contributed by atoms with Crippen molar-refractivity contribution in [2.45, 2.75) is 38.1 Å². The highest BCUT2D eigenvalue weighted by atomic mass is 16.5. The van der Waals surface area contributed by atoms with Crippen molar-refractivity contribution in [2.24, 2.45) is 0 Å². The first-order chi connectivity index (χ1) is 14.5. The number of rotatable bonds is 7. The fourth-order valence-corrected chi connectivity index (χ4v) is 3.64. The summed E-state index contributed by atoms with van der Waals surface area (Å²) >= 11 is 0. The summed E-state index contributed by atoms with van der Waals surface area (Å²) in [4.78, 5) is 25.1. The molecule has 0 aliphatic heterocycles. The van der Waals surface area contributed by atoms with Gasteiger partial charge in [0.2, 0.25) is 5.75 Å². The maximum Gasteiger partial charge on any atom is 0.255 e. The van der Waals surface area contributed by atoms with Gasteiger partial charge in [0.15, 0.2) is 11.5 Å². The van der Waals surface area contributed by atoms with Gasteiger partial charge in [-0.1, -0.05) is 19.3 Å². The number of benzene rings is 2. The van der Waals surface area contributed by atoms with Crippen LogP contribution < -0.4 is 24.8 Å². The van der Waals surface area contributed by atoms with Gasteiger partial charge in [-0.3, -0.25) is 9.59 Å². The zero-order valence-electron chi connectivity index (χ0n) is 17.6. The van der Waals surface area contributed by atoms with Crippen LogP contribution in [0.15, 0.2) is 36.4 Å². The average molecular weight is 412 g/mol. The molecule has 0 aromatic heterocycles. The lowest BCUT2D eigenvalue weighted by atomic mass is 9.95. The second kappa shape index (κ2) is 10.0. The average Bonchev–Trinajstić information content (AvgIpc) is 2.79. The summed E-state index contributed by atoms with van der Waals surface area (Å²) in [6.45, 7) is 0. The Balaban J connectivity index is 1.67. The summed E-state index contributed by atoms with van der Waals surface area (Å²) in [6.07, 6.45) is 5.64. The van der Waals surface area contributed by atoms with Gasteiger partial charge >= 0.3 is 0 Å². The van der Waals surface area contributed by atoms with Gasteiger partial charge in [-0.25, -0.2) is 0 Å². The number of ether oxygens (including phenoxy) is 3. The van der Waals surface area contributed by atoms with Gasteiger partial charge in [0, 0.05) is 22.9 Å². The van der Waals surface area contributed by atoms with Crippen molar-refractivity contribution in [3.63, 3.8) is 0 Å². The van der Waals surface area contributed by atoms with Crippen LogP contribution in [0.5, 0.6) is 17.2 Å². The van der Waals surface area contributed by atoms with Crippen LogP contribution in [-0.2, 0) is 0 Å². The van der Waals surface area contributed by atoms with Gasteiger partial charge in [0.05, 0.1) is 21.3 Å². The van der Waals surface area contributed by atoms with Crippen LogP contribution in [0.3, 0.4) is 0 Å². The number of anilines is 1. The topological polar surface area (TPSA) is 85.9 Å². The van der Waals surface area contributed by atoms with Crippen molar-refractivity contribution < 1.29 is 23.8 Å². The lowest BCUT2D eigenvalue weighted by Crippen LogP contribution is -2.36. The standard InChI is InChI=1S/C23H28N2O5/c1-28-19-13-16(14-20(29-2)21(19)30-3)23(27)25-18-11-9-15(10-12-18)22(26)24-17-7-5-4-6-8-17/h9-14,17H,4-8H2,1-3H3,(H,24,26)(H,25,27). The van der Waals surface area contributed by atoms with E-state index in [1.54, 1.807) is 36.4 Å². The Kier molecular flexibility index (Phi) is 7.17. The molecule has 2 N–H and O–H groups in total. The summed E-state index contributed by atoms with van der Waals surface area (Å²) < 4.78 is 15.9. The minimum Gasteiger partial charge on any atom is -0.493 e. The quantitative estimate of drug-likeness (QED) is 0.717. The maximum atomic E-state index is 12.7. The highest BCUT2D eigenvalue weighted by Gasteiger charge is 2.18. The third-order valence-electron chi connectivity index (χ3n) is 5.27. The first-order valence-electron chi connectivity index (χ1n) is 10.1. The monoisotopic (exact) mass is 412 g/mol. The molecule has 0 unspecified atom stereocenters. The number of carbonyl (C=O) groups is 2. The molecule has 0 atom stereocenters. The number of hydrogen-bond donors (Lipinski definition) is 2. The Hall–Kier alpha value is -3.22. The van der Waals surface area contributed by atoms with Crippen molar-refractivity contribution in [1.29, 1.82) is 0 Å². The van der Waals surface area contributed by atoms with Crippen molar-refractivity contribution in [1.82, 2.24) is 5.32 Å². The SMILES string of the molecule is COc1cc(C(=O)Nc2ccc(C(=O)NC3CCCCC3)cc2)cc(OC)c1OC. The summed E-state index contributed by atoms with van der Waals surface area (Å²) in [5.74, 6) is 0.816. The van der Waals surface area contributed by atoms with Crippen molar-refractivity contribution in [3.8, 4) is 17.2 Å². The van der Waals surface area contributed by atoms with Crippen LogP contribution in [0.4, 0.5) is 5.69 Å². The Labute approximate surface area is 176 Å². The molecule has 3 rings (SSSR count). The molecule has 0 saturated heterocycles. The number of nitrogens with one attached hydrogen (secondary N) is 2. The summed E-state index contributed by atoms with van der Waals surface area (Å²) in [7, 11) is 4.50. The Morgan fingerprint density at radius 2 is 1.40 bits per heavy atom. The second-order valence-electron chi connectivity index (χ2n) is 7.25. The number of methoxy groups -OCH3 is 3. The molecule has 7 heteroatoms. The van der Waals surface area contributed by atoms with Crippen LogP contribution in [-0.4, -0.2) is 39.2 Å². The van der Waals surface area contributed by atoms with Crippen LogP contribution in [0, 0.1) is 0 Å². The normalized spacial score (nSPS) is 14.0. The molecule has 0 heterocycles. The largest absolute Gasteiger partial charge is 0.493 e. The van der Waals surface area contributed by atoms with E-state index in [9.17, 15) is 9.59 Å². The third-order valence-corrected chi connectivity index (χ3v) is 5.27. The molecule has 2 amide bonds. The first kappa shape index (κ1) is 21.5. The molecule has 2 aromatic carbocycles. The number of amides is 2. The Morgan fingerprint density at radius 3 is 1.93 bits per heavy atom. The van der Waals surface area contributed by atoms with Gasteiger partial charge in [-0.2, -0.15) is 0 Å². The van der Waals surface area contributed by atoms with E-state index >= 15 is 0 Å². The zero-order valence-corrected chi connectivity index (χ0v) is 17.6. The molecule has 2 aromatic rings. The van der Waals surface area contributed by atoms with Crippen molar-refractivity contribution in [2.75, 3.05) is 26.6 Å². The molecule has 0 radical (unpaired) electrons. The molecule has 1 aliphatic carbocycles. The minimum absolute atomic E-state index is 0.0793. The first-order valence-corrected chi connectivity index (χ1v) is 10.1. The molecule has 160 valence electrons. The molecule has 1 aliphatic rings. The molecule has 1 fully saturated rings. The molecular formula is C23H28N2O5. The Morgan fingerprint density at radius 1 is 0.800 bits per heavy atom. The van der Waals surface area contributed by atoms with E-state index in [0.717, 1.165) is 25.7 Å². The van der Waals surface area contributed by atoms with Crippen LogP contribution in [0.2, 0.25) is 0 Å². The van der Waals surface area contributed by atoms with Gasteiger partial charge in [0.1, 0.15) is 0 Å². The van der Waals surface area contributed by atoms with Crippen LogP contribution in [0.25, 0.3) is 0 Å². The lowest BCUT2D eigenvalue weighted by molar-refractivity contribution is 0.0927. The van der Waals surface area contributed by atoms with E-state index < -0.39 is 0 Å². The summed E-state index contributed by atoms with van der Waals surface area (Å²) in [6, 6.07) is 10.3. The highest BCUT2D eigenvalue weighted by molar-refractivity contribution is 6.05. The highest BCUT2D eigenvalue weighted by Crippen LogP contribution is 2.38. The van der Waals surface area contributed by atoms with Gasteiger partial charge in [-0.15, -0.1) is 0 Å². The van der Waals surface area contributed by atoms with E-state index in [4.69, 9.17) is 14.2 Å². The predicted octanol–water partition coefficient (Wildman–Crippen LogP) is 4.03. The third kappa shape index (κ3) is 5.03. The fraction of sp³-hybridized carbons (Fsp3) is 0.391. The van der Waals surface area contributed by atoms with Gasteiger partial charge < -0.3 is 24.8 Å². The van der Waals surface area contributed by atoms with E-state index in [2.05, 4.69) is 10.6 Å². The zero-order chi connectivity index (χ0) is 21.5. The lowest BCUT2D eigenvalue weighted by Gasteiger charge is -2.22. The van der Waals surface area contributed by atoms with Gasteiger partial charge in [0.25, 0.3) is 11.8 Å². The summed E-state index contributed by atoms with van der Waals surface area (Å²) in [5, 5.41) is 5.91. The van der Waals surface area contributed by atoms with Crippen LogP contribution in [0.1, 0.15) is 52.8 Å². The summed E-state index contributed by atoms with van der Waals surface area (Å²) in [5.41, 5.74) is 1.53. The van der Waals surface area contributed by atoms with Gasteiger partial charge in [-0.05, 0) is 49.2 Å². The van der Waals surface area contributed by atoms with E-state index in [0.29, 0.717) is 34.1 Å². The molecule has 30 heavy (non-hydrogen) atoms. The second-order valence-corrected chi connectivity index (χ2v) is 7.25. The van der Waals surface area contributed by atoms with E-state index in [-0.39, 0.29) is 17.9 Å². The van der Waals surface area contributed by atoms with E-state index in [1.807, 2.05) is 0 Å². The molecule has 1 saturated carbocycles. The van der Waals surface area contributed by atoms with Crippen LogP contribution >= 0.6 is 0 Å². The fourth-order valence-electron chi connectivity index (χ4n) is 3.64. The number of carbonyl (C=O) groups excluding carboxylic acids is 2. The molecular weight excluding hydrogens is 384 g/mol. The van der Waals surface area contributed by atoms with Crippen molar-refractivity contribution in [3.05, 3.63) is 47.5 Å². The molecule has 0 spiro atoms. The smallest absolute Gasteiger partial charge is 0.255 e. The predicted molar refractivity (Wildman–Crippen MR) is 115 cm³/mol. The molecule has 7 nitrogen and oxygen atoms in total. The molecule has 0 bridgehead atoms. The van der Waals surface area contributed by atoms with E-state index in [1.165, 1.54) is 27.8 Å². The Bertz CT molecular complexity index is 864.